The minimum atomic E-state index is -4.76. The number of benzene rings is 1. The number of carbonyl (C=O) groups is 1. The van der Waals surface area contributed by atoms with Gasteiger partial charge in [0, 0.05) is 10.7 Å². The Labute approximate surface area is 150 Å². The number of amides is 1. The molecule has 2 rings (SSSR count). The number of carbonyl (C=O) groups excluding carboxylic acids is 1. The second-order valence-electron chi connectivity index (χ2n) is 5.49. The molecule has 134 valence electrons. The molecule has 0 saturated heterocycles. The lowest BCUT2D eigenvalue weighted by Crippen LogP contribution is -2.17. The van der Waals surface area contributed by atoms with E-state index in [1.54, 1.807) is 6.07 Å². The Morgan fingerprint density at radius 2 is 2.00 bits per heavy atom. The first kappa shape index (κ1) is 19.0. The normalized spacial score (nSPS) is 11.5. The van der Waals surface area contributed by atoms with Crippen LogP contribution < -0.4 is 15.8 Å². The molecule has 1 aromatic heterocycles. The molecule has 0 atom stereocenters. The van der Waals surface area contributed by atoms with Gasteiger partial charge in [-0.3, -0.25) is 4.79 Å². The number of halogens is 4. The molecule has 0 bridgehead atoms. The van der Waals surface area contributed by atoms with Crippen molar-refractivity contribution in [1.82, 2.24) is 4.98 Å². The number of hydrogen-bond donors (Lipinski definition) is 2. The number of anilines is 2. The Morgan fingerprint density at radius 1 is 1.32 bits per heavy atom. The highest BCUT2D eigenvalue weighted by Crippen LogP contribution is 2.32. The number of primary amides is 1. The van der Waals surface area contributed by atoms with Crippen molar-refractivity contribution in [2.24, 2.45) is 5.73 Å². The fraction of sp³-hybridized carbons (Fsp3) is 0.250. The maximum absolute atomic E-state index is 12.2. The SMILES string of the molecule is CC(C)c1cc(Nc2ccc(OC(F)(F)F)cc2Br)ncc1C(N)=O. The van der Waals surface area contributed by atoms with Gasteiger partial charge in [0.05, 0.1) is 11.3 Å². The predicted molar refractivity (Wildman–Crippen MR) is 91.0 cm³/mol. The molecule has 0 unspecified atom stereocenters. The molecule has 1 amide bonds. The smallest absolute Gasteiger partial charge is 0.406 e. The molecular weight excluding hydrogens is 403 g/mol. The number of nitrogens with two attached hydrogens (primary N) is 1. The van der Waals surface area contributed by atoms with E-state index < -0.39 is 12.3 Å². The third-order valence-electron chi connectivity index (χ3n) is 3.26. The summed E-state index contributed by atoms with van der Waals surface area (Å²) < 4.78 is 40.9. The number of alkyl halides is 3. The third kappa shape index (κ3) is 5.09. The van der Waals surface area contributed by atoms with Crippen LogP contribution >= 0.6 is 15.9 Å². The van der Waals surface area contributed by atoms with E-state index in [1.165, 1.54) is 24.4 Å². The summed E-state index contributed by atoms with van der Waals surface area (Å²) in [6, 6.07) is 5.47. The van der Waals surface area contributed by atoms with Crippen molar-refractivity contribution in [2.75, 3.05) is 5.32 Å². The standard InChI is InChI=1S/C16H15BrF3N3O2/c1-8(2)10-6-14(22-7-11(10)15(21)24)23-13-4-3-9(5-12(13)17)25-16(18,19)20/h3-8H,1-2H3,(H2,21,24)(H,22,23). The Morgan fingerprint density at radius 3 is 2.52 bits per heavy atom. The summed E-state index contributed by atoms with van der Waals surface area (Å²) in [6.07, 6.45) is -3.39. The average Bonchev–Trinajstić information content (AvgIpc) is 2.48. The van der Waals surface area contributed by atoms with Crippen molar-refractivity contribution in [3.8, 4) is 5.75 Å². The van der Waals surface area contributed by atoms with Crippen LogP contribution in [0.1, 0.15) is 35.7 Å². The lowest BCUT2D eigenvalue weighted by atomic mass is 9.98. The Bertz CT molecular complexity index is 795. The Hall–Kier alpha value is -2.29. The molecule has 9 heteroatoms. The number of hydrogen-bond acceptors (Lipinski definition) is 4. The minimum Gasteiger partial charge on any atom is -0.406 e. The topological polar surface area (TPSA) is 77.2 Å². The molecule has 0 aliphatic rings. The van der Waals surface area contributed by atoms with Crippen molar-refractivity contribution in [3.05, 3.63) is 46.1 Å². The molecule has 25 heavy (non-hydrogen) atoms. The quantitative estimate of drug-likeness (QED) is 0.738. The highest BCUT2D eigenvalue weighted by Gasteiger charge is 2.31. The van der Waals surface area contributed by atoms with Gasteiger partial charge in [-0.15, -0.1) is 13.2 Å². The van der Waals surface area contributed by atoms with Gasteiger partial charge in [-0.25, -0.2) is 4.98 Å². The summed E-state index contributed by atoms with van der Waals surface area (Å²) in [5, 5.41) is 2.98. The van der Waals surface area contributed by atoms with E-state index >= 15 is 0 Å². The molecule has 1 aromatic carbocycles. The van der Waals surface area contributed by atoms with Gasteiger partial charge in [-0.1, -0.05) is 13.8 Å². The second kappa shape index (κ2) is 7.30. The molecule has 3 N–H and O–H groups in total. The summed E-state index contributed by atoms with van der Waals surface area (Å²) in [5.74, 6) is -0.446. The maximum atomic E-state index is 12.2. The summed E-state index contributed by atoms with van der Waals surface area (Å²) in [5.41, 5.74) is 6.87. The van der Waals surface area contributed by atoms with Crippen LogP contribution in [0.25, 0.3) is 0 Å². The van der Waals surface area contributed by atoms with Gasteiger partial charge < -0.3 is 15.8 Å². The Balaban J connectivity index is 2.28. The van der Waals surface area contributed by atoms with Crippen molar-refractivity contribution in [3.63, 3.8) is 0 Å². The highest BCUT2D eigenvalue weighted by atomic mass is 79.9. The minimum absolute atomic E-state index is 0.0389. The summed E-state index contributed by atoms with van der Waals surface area (Å²) in [7, 11) is 0. The zero-order chi connectivity index (χ0) is 18.8. The van der Waals surface area contributed by atoms with E-state index in [0.29, 0.717) is 21.5 Å². The van der Waals surface area contributed by atoms with E-state index in [2.05, 4.69) is 31.0 Å². The molecule has 1 heterocycles. The number of rotatable bonds is 5. The summed E-state index contributed by atoms with van der Waals surface area (Å²) >= 11 is 3.19. The van der Waals surface area contributed by atoms with Crippen molar-refractivity contribution in [2.45, 2.75) is 26.1 Å². The van der Waals surface area contributed by atoms with Gasteiger partial charge in [-0.05, 0) is 51.7 Å². The zero-order valence-corrected chi connectivity index (χ0v) is 14.9. The van der Waals surface area contributed by atoms with Gasteiger partial charge in [0.1, 0.15) is 11.6 Å². The van der Waals surface area contributed by atoms with E-state index in [4.69, 9.17) is 5.73 Å². The number of nitrogens with one attached hydrogen (secondary N) is 1. The van der Waals surface area contributed by atoms with Crippen molar-refractivity contribution < 1.29 is 22.7 Å². The largest absolute Gasteiger partial charge is 0.573 e. The van der Waals surface area contributed by atoms with Crippen molar-refractivity contribution >= 4 is 33.3 Å². The number of nitrogens with zero attached hydrogens (tertiary/aromatic N) is 1. The van der Waals surface area contributed by atoms with Crippen LogP contribution in [0.3, 0.4) is 0 Å². The monoisotopic (exact) mass is 417 g/mol. The van der Waals surface area contributed by atoms with Gasteiger partial charge >= 0.3 is 6.36 Å². The van der Waals surface area contributed by atoms with Crippen LogP contribution in [0, 0.1) is 0 Å². The second-order valence-corrected chi connectivity index (χ2v) is 6.34. The van der Waals surface area contributed by atoms with Crippen LogP contribution in [0.4, 0.5) is 24.7 Å². The zero-order valence-electron chi connectivity index (χ0n) is 13.3. The van der Waals surface area contributed by atoms with Crippen LogP contribution in [0.2, 0.25) is 0 Å². The molecule has 5 nitrogen and oxygen atoms in total. The maximum Gasteiger partial charge on any atom is 0.573 e. The van der Waals surface area contributed by atoms with Crippen LogP contribution in [0.15, 0.2) is 34.9 Å². The van der Waals surface area contributed by atoms with E-state index in [9.17, 15) is 18.0 Å². The fourth-order valence-electron chi connectivity index (χ4n) is 2.16. The first-order valence-corrected chi connectivity index (χ1v) is 7.98. The van der Waals surface area contributed by atoms with E-state index in [1.807, 2.05) is 13.8 Å². The molecular formula is C16H15BrF3N3O2. The highest BCUT2D eigenvalue weighted by molar-refractivity contribution is 9.10. The molecule has 0 saturated carbocycles. The van der Waals surface area contributed by atoms with E-state index in [-0.39, 0.29) is 11.7 Å². The van der Waals surface area contributed by atoms with Crippen molar-refractivity contribution in [1.29, 1.82) is 0 Å². The molecule has 0 aliphatic carbocycles. The van der Waals surface area contributed by atoms with E-state index in [0.717, 1.165) is 5.56 Å². The predicted octanol–water partition coefficient (Wildman–Crippen LogP) is 4.71. The van der Waals surface area contributed by atoms with Gasteiger partial charge in [0.25, 0.3) is 5.91 Å². The van der Waals surface area contributed by atoms with Gasteiger partial charge in [-0.2, -0.15) is 0 Å². The van der Waals surface area contributed by atoms with Crippen LogP contribution in [-0.2, 0) is 0 Å². The van der Waals surface area contributed by atoms with Gasteiger partial charge in [0.2, 0.25) is 0 Å². The summed E-state index contributed by atoms with van der Waals surface area (Å²) in [6.45, 7) is 3.81. The molecule has 0 radical (unpaired) electrons. The number of aromatic nitrogens is 1. The molecule has 0 spiro atoms. The first-order chi connectivity index (χ1) is 11.6. The van der Waals surface area contributed by atoms with Crippen LogP contribution in [0.5, 0.6) is 5.75 Å². The summed E-state index contributed by atoms with van der Waals surface area (Å²) in [4.78, 5) is 15.6. The average molecular weight is 418 g/mol. The first-order valence-electron chi connectivity index (χ1n) is 7.19. The lowest BCUT2D eigenvalue weighted by molar-refractivity contribution is -0.274. The third-order valence-corrected chi connectivity index (χ3v) is 3.92. The molecule has 0 fully saturated rings. The number of pyridine rings is 1. The Kier molecular flexibility index (Phi) is 5.56. The fourth-order valence-corrected chi connectivity index (χ4v) is 2.61. The molecule has 2 aromatic rings. The lowest BCUT2D eigenvalue weighted by Gasteiger charge is -2.15. The van der Waals surface area contributed by atoms with Crippen LogP contribution in [-0.4, -0.2) is 17.3 Å². The number of ether oxygens (including phenoxy) is 1. The van der Waals surface area contributed by atoms with Gasteiger partial charge in [0.15, 0.2) is 0 Å². The molecule has 0 aliphatic heterocycles.